The second-order valence-corrected chi connectivity index (χ2v) is 10.6. The number of esters is 1. The maximum absolute atomic E-state index is 13.3. The molecule has 6 nitrogen and oxygen atoms in total. The highest BCUT2D eigenvalue weighted by atomic mass is 19.1. The SMILES string of the molecule is Cc1nc2cccnc2n1C1C[C@H]2CC[C@@H](C1)N2CC[C@H](C(=O)OCc1ccc(F)cc1)c1ccccc1. The third-order valence-electron chi connectivity index (χ3n) is 8.31. The Labute approximate surface area is 222 Å². The Kier molecular flexibility index (Phi) is 6.94. The number of benzene rings is 2. The van der Waals surface area contributed by atoms with Gasteiger partial charge in [0.2, 0.25) is 0 Å². The lowest BCUT2D eigenvalue weighted by Crippen LogP contribution is -2.44. The molecule has 4 aromatic rings. The zero-order chi connectivity index (χ0) is 26.1. The average Bonchev–Trinajstić information content (AvgIpc) is 3.39. The van der Waals surface area contributed by atoms with Crippen LogP contribution in [-0.4, -0.2) is 44.0 Å². The Morgan fingerprint density at radius 3 is 2.47 bits per heavy atom. The van der Waals surface area contributed by atoms with Crippen molar-refractivity contribution in [3.8, 4) is 0 Å². The molecule has 6 rings (SSSR count). The summed E-state index contributed by atoms with van der Waals surface area (Å²) in [6, 6.07) is 21.4. The van der Waals surface area contributed by atoms with Gasteiger partial charge in [0.05, 0.1) is 5.92 Å². The van der Waals surface area contributed by atoms with Crippen LogP contribution in [0.4, 0.5) is 4.39 Å². The van der Waals surface area contributed by atoms with Crippen LogP contribution in [0.2, 0.25) is 0 Å². The normalized spacial score (nSPS) is 22.0. The van der Waals surface area contributed by atoms with E-state index < -0.39 is 0 Å². The van der Waals surface area contributed by atoms with Crippen molar-refractivity contribution in [2.75, 3.05) is 6.54 Å². The number of imidazole rings is 1. The summed E-state index contributed by atoms with van der Waals surface area (Å²) in [7, 11) is 0. The van der Waals surface area contributed by atoms with Gasteiger partial charge in [-0.2, -0.15) is 0 Å². The van der Waals surface area contributed by atoms with Crippen molar-refractivity contribution >= 4 is 17.1 Å². The van der Waals surface area contributed by atoms with E-state index in [2.05, 4.69) is 21.4 Å². The third kappa shape index (κ3) is 4.95. The third-order valence-corrected chi connectivity index (χ3v) is 8.31. The van der Waals surface area contributed by atoms with Gasteiger partial charge in [-0.25, -0.2) is 14.4 Å². The van der Waals surface area contributed by atoms with Crippen LogP contribution in [0.25, 0.3) is 11.2 Å². The van der Waals surface area contributed by atoms with Crippen molar-refractivity contribution in [2.45, 2.75) is 69.7 Å². The molecule has 38 heavy (non-hydrogen) atoms. The number of aromatic nitrogens is 3. The number of hydrogen-bond donors (Lipinski definition) is 0. The molecule has 7 heteroatoms. The molecule has 4 atom stereocenters. The lowest BCUT2D eigenvalue weighted by atomic mass is 9.92. The zero-order valence-corrected chi connectivity index (χ0v) is 21.7. The van der Waals surface area contributed by atoms with Gasteiger partial charge in [-0.3, -0.25) is 9.69 Å². The second kappa shape index (κ2) is 10.7. The predicted octanol–water partition coefficient (Wildman–Crippen LogP) is 5.96. The summed E-state index contributed by atoms with van der Waals surface area (Å²) in [4.78, 5) is 25.3. The number of nitrogens with zero attached hydrogens (tertiary/aromatic N) is 4. The molecule has 0 radical (unpaired) electrons. The van der Waals surface area contributed by atoms with Gasteiger partial charge in [-0.15, -0.1) is 0 Å². The van der Waals surface area contributed by atoms with E-state index in [0.717, 1.165) is 47.5 Å². The summed E-state index contributed by atoms with van der Waals surface area (Å²) in [6.45, 7) is 3.08. The van der Waals surface area contributed by atoms with E-state index in [0.29, 0.717) is 24.5 Å². The fraction of sp³-hybridized carbons (Fsp3) is 0.387. The molecule has 196 valence electrons. The first-order chi connectivity index (χ1) is 18.6. The van der Waals surface area contributed by atoms with Crippen LogP contribution in [-0.2, 0) is 16.1 Å². The molecule has 0 saturated carbocycles. The van der Waals surface area contributed by atoms with E-state index in [9.17, 15) is 9.18 Å². The number of rotatable bonds is 8. The van der Waals surface area contributed by atoms with Gasteiger partial charge < -0.3 is 9.30 Å². The number of halogens is 1. The monoisotopic (exact) mass is 512 g/mol. The average molecular weight is 513 g/mol. The molecule has 0 aliphatic carbocycles. The molecule has 4 heterocycles. The van der Waals surface area contributed by atoms with Crippen LogP contribution in [0.3, 0.4) is 0 Å². The van der Waals surface area contributed by atoms with Crippen molar-refractivity contribution in [3.63, 3.8) is 0 Å². The standard InChI is InChI=1S/C31H33FN4O2/c1-21-34-29-8-5-16-33-30(29)36(21)27-18-25-13-14-26(19-27)35(25)17-15-28(23-6-3-2-4-7-23)31(37)38-20-22-9-11-24(32)12-10-22/h2-12,16,25-28H,13-15,17-20H2,1H3/t25-,26+,27?,28-/m0/s1. The maximum atomic E-state index is 13.3. The number of hydrogen-bond acceptors (Lipinski definition) is 5. The minimum atomic E-state index is -0.335. The molecule has 2 saturated heterocycles. The Balaban J connectivity index is 1.14. The lowest BCUT2D eigenvalue weighted by Gasteiger charge is -2.40. The van der Waals surface area contributed by atoms with Gasteiger partial charge in [0.1, 0.15) is 23.8 Å². The minimum Gasteiger partial charge on any atom is -0.460 e. The quantitative estimate of drug-likeness (QED) is 0.273. The highest BCUT2D eigenvalue weighted by Gasteiger charge is 2.42. The number of aryl methyl sites for hydroxylation is 1. The predicted molar refractivity (Wildman–Crippen MR) is 144 cm³/mol. The van der Waals surface area contributed by atoms with Gasteiger partial charge in [0.15, 0.2) is 5.65 Å². The Hall–Kier alpha value is -3.58. The topological polar surface area (TPSA) is 60.2 Å². The largest absolute Gasteiger partial charge is 0.460 e. The van der Waals surface area contributed by atoms with Crippen LogP contribution in [0.15, 0.2) is 72.9 Å². The van der Waals surface area contributed by atoms with Crippen molar-refractivity contribution < 1.29 is 13.9 Å². The second-order valence-electron chi connectivity index (χ2n) is 10.6. The zero-order valence-electron chi connectivity index (χ0n) is 21.7. The first-order valence-electron chi connectivity index (χ1n) is 13.6. The summed E-state index contributed by atoms with van der Waals surface area (Å²) in [6.07, 6.45) is 7.08. The molecule has 2 aliphatic heterocycles. The van der Waals surface area contributed by atoms with Crippen LogP contribution >= 0.6 is 0 Å². The minimum absolute atomic E-state index is 0.144. The van der Waals surface area contributed by atoms with Crippen molar-refractivity contribution in [3.05, 3.63) is 95.7 Å². The van der Waals surface area contributed by atoms with Crippen molar-refractivity contribution in [2.24, 2.45) is 0 Å². The fourth-order valence-corrected chi connectivity index (χ4v) is 6.52. The molecule has 2 aromatic heterocycles. The fourth-order valence-electron chi connectivity index (χ4n) is 6.52. The van der Waals surface area contributed by atoms with E-state index in [1.165, 1.54) is 25.0 Å². The maximum Gasteiger partial charge on any atom is 0.313 e. The number of carbonyl (C=O) groups is 1. The number of carbonyl (C=O) groups excluding carboxylic acids is 1. The van der Waals surface area contributed by atoms with Crippen molar-refractivity contribution in [1.29, 1.82) is 0 Å². The summed E-state index contributed by atoms with van der Waals surface area (Å²) in [5, 5.41) is 0. The van der Waals surface area contributed by atoms with E-state index in [1.54, 1.807) is 12.1 Å². The Morgan fingerprint density at radius 2 is 1.74 bits per heavy atom. The van der Waals surface area contributed by atoms with Gasteiger partial charge >= 0.3 is 5.97 Å². The van der Waals surface area contributed by atoms with E-state index in [4.69, 9.17) is 9.72 Å². The van der Waals surface area contributed by atoms with Gasteiger partial charge in [-0.05, 0) is 81.0 Å². The molecule has 0 amide bonds. The summed E-state index contributed by atoms with van der Waals surface area (Å²) >= 11 is 0. The molecular formula is C31H33FN4O2. The molecular weight excluding hydrogens is 479 g/mol. The van der Waals surface area contributed by atoms with Crippen LogP contribution < -0.4 is 0 Å². The highest BCUT2D eigenvalue weighted by Crippen LogP contribution is 2.42. The van der Waals surface area contributed by atoms with Gasteiger partial charge in [-0.1, -0.05) is 42.5 Å². The molecule has 0 spiro atoms. The van der Waals surface area contributed by atoms with E-state index in [1.807, 2.05) is 48.7 Å². The van der Waals surface area contributed by atoms with Crippen LogP contribution in [0.1, 0.15) is 61.0 Å². The molecule has 2 bridgehead atoms. The summed E-state index contributed by atoms with van der Waals surface area (Å²) in [5.74, 6) is 0.171. The number of fused-ring (bicyclic) bond motifs is 3. The highest BCUT2D eigenvalue weighted by molar-refractivity contribution is 5.78. The summed E-state index contributed by atoms with van der Waals surface area (Å²) in [5.41, 5.74) is 3.70. The van der Waals surface area contributed by atoms with E-state index in [-0.39, 0.29) is 24.3 Å². The molecule has 2 fully saturated rings. The van der Waals surface area contributed by atoms with Crippen LogP contribution in [0, 0.1) is 12.7 Å². The number of piperidine rings is 1. The van der Waals surface area contributed by atoms with Gasteiger partial charge in [0.25, 0.3) is 0 Å². The Morgan fingerprint density at radius 1 is 1.00 bits per heavy atom. The number of pyridine rings is 1. The van der Waals surface area contributed by atoms with E-state index >= 15 is 0 Å². The molecule has 2 aromatic carbocycles. The first-order valence-corrected chi connectivity index (χ1v) is 13.6. The van der Waals surface area contributed by atoms with Crippen molar-refractivity contribution in [1.82, 2.24) is 19.4 Å². The lowest BCUT2D eigenvalue weighted by molar-refractivity contribution is -0.147. The molecule has 1 unspecified atom stereocenters. The van der Waals surface area contributed by atoms with Gasteiger partial charge in [0, 0.05) is 24.3 Å². The Bertz CT molecular complexity index is 1390. The first kappa shape index (κ1) is 24.7. The summed E-state index contributed by atoms with van der Waals surface area (Å²) < 4.78 is 21.3. The number of ether oxygens (including phenoxy) is 1. The smallest absolute Gasteiger partial charge is 0.313 e. The van der Waals surface area contributed by atoms with Crippen LogP contribution in [0.5, 0.6) is 0 Å². The molecule has 0 N–H and O–H groups in total. The molecule has 2 aliphatic rings.